The summed E-state index contributed by atoms with van der Waals surface area (Å²) in [6.07, 6.45) is 9.35. The number of fused-ring (bicyclic) bond motifs is 2. The molecule has 2 atom stereocenters. The average molecular weight is 644 g/mol. The van der Waals surface area contributed by atoms with Crippen LogP contribution in [0.15, 0.2) is 60.7 Å². The van der Waals surface area contributed by atoms with Gasteiger partial charge < -0.3 is 56.9 Å². The molecule has 5 heteroatoms. The molecule has 0 spiro atoms. The predicted octanol–water partition coefficient (Wildman–Crippen LogP) is -3.67. The van der Waals surface area contributed by atoms with Crippen molar-refractivity contribution in [1.82, 2.24) is 0 Å². The molecule has 0 saturated carbocycles. The Morgan fingerprint density at radius 3 is 1.56 bits per heavy atom. The van der Waals surface area contributed by atoms with Crippen LogP contribution in [0.4, 0.5) is 0 Å². The molecule has 27 heavy (non-hydrogen) atoms. The number of hydrogen-bond donors (Lipinski definition) is 0. The number of halogens is 3. The SMILES string of the molecule is C[Si](C)=C[C-](C1C=Cc2ccccc21)C1C=Cc2ccccc21.[Br-].[Br-].[Br-].[Zr+4]. The third-order valence-corrected chi connectivity index (χ3v) is 5.68. The molecule has 2 aromatic carbocycles. The van der Waals surface area contributed by atoms with Crippen LogP contribution in [-0.4, -0.2) is 14.1 Å². The van der Waals surface area contributed by atoms with Crippen LogP contribution in [0, 0.1) is 5.92 Å². The van der Waals surface area contributed by atoms with E-state index in [1.54, 1.807) is 5.92 Å². The topological polar surface area (TPSA) is 0 Å². The Hall–Kier alpha value is 0.200. The molecular weight excluding hydrogens is 623 g/mol. The molecule has 0 aromatic heterocycles. The van der Waals surface area contributed by atoms with E-state index in [-0.39, 0.29) is 77.1 Å². The van der Waals surface area contributed by atoms with Crippen molar-refractivity contribution in [2.45, 2.75) is 24.9 Å². The van der Waals surface area contributed by atoms with Gasteiger partial charge in [0.2, 0.25) is 0 Å². The average Bonchev–Trinajstić information content (AvgIpc) is 3.17. The van der Waals surface area contributed by atoms with Gasteiger partial charge in [0.15, 0.2) is 0 Å². The van der Waals surface area contributed by atoms with Crippen molar-refractivity contribution in [3.05, 3.63) is 88.9 Å². The Labute approximate surface area is 215 Å². The summed E-state index contributed by atoms with van der Waals surface area (Å²) in [4.78, 5) is 0. The molecule has 2 aromatic rings. The van der Waals surface area contributed by atoms with E-state index in [4.69, 9.17) is 0 Å². The molecule has 2 aliphatic rings. The second-order valence-electron chi connectivity index (χ2n) is 6.65. The van der Waals surface area contributed by atoms with Gasteiger partial charge >= 0.3 is 26.2 Å². The zero-order chi connectivity index (χ0) is 15.8. The van der Waals surface area contributed by atoms with Crippen molar-refractivity contribution in [2.24, 2.45) is 0 Å². The Balaban J connectivity index is 0.00000169. The van der Waals surface area contributed by atoms with E-state index in [1.807, 2.05) is 0 Å². The van der Waals surface area contributed by atoms with Crippen LogP contribution in [0.1, 0.15) is 34.1 Å². The van der Waals surface area contributed by atoms with Gasteiger partial charge in [0.05, 0.1) is 0 Å². The second kappa shape index (κ2) is 12.0. The largest absolute Gasteiger partial charge is 4.00 e. The van der Waals surface area contributed by atoms with Crippen molar-refractivity contribution >= 4 is 26.2 Å². The third kappa shape index (κ3) is 5.63. The van der Waals surface area contributed by atoms with E-state index in [9.17, 15) is 0 Å². The maximum atomic E-state index is 2.57. The summed E-state index contributed by atoms with van der Waals surface area (Å²) in [6.45, 7) is 4.75. The molecule has 0 radical (unpaired) electrons. The van der Waals surface area contributed by atoms with Crippen molar-refractivity contribution in [3.63, 3.8) is 0 Å². The summed E-state index contributed by atoms with van der Waals surface area (Å²) in [5.41, 5.74) is 8.23. The van der Waals surface area contributed by atoms with E-state index in [0.29, 0.717) is 11.8 Å². The van der Waals surface area contributed by atoms with Crippen LogP contribution in [-0.2, 0) is 26.2 Å². The summed E-state index contributed by atoms with van der Waals surface area (Å²) >= 11 is 0. The molecule has 0 amide bonds. The first-order valence-electron chi connectivity index (χ1n) is 8.30. The van der Waals surface area contributed by atoms with Gasteiger partial charge in [0, 0.05) is 0 Å². The molecule has 2 aliphatic carbocycles. The molecule has 0 heterocycles. The molecule has 2 unspecified atom stereocenters. The molecule has 4 rings (SSSR count). The van der Waals surface area contributed by atoms with Gasteiger partial charge in [-0.05, 0) is 19.5 Å². The summed E-state index contributed by atoms with van der Waals surface area (Å²) in [7, 11) is -0.440. The van der Waals surface area contributed by atoms with Gasteiger partial charge in [-0.25, -0.2) is 5.67 Å². The third-order valence-electron chi connectivity index (χ3n) is 4.77. The quantitative estimate of drug-likeness (QED) is 0.239. The normalized spacial score (nSPS) is 17.3. The van der Waals surface area contributed by atoms with Crippen molar-refractivity contribution in [1.29, 1.82) is 0 Å². The first kappa shape index (κ1) is 27.2. The molecule has 0 fully saturated rings. The van der Waals surface area contributed by atoms with Gasteiger partial charge in [0.25, 0.3) is 0 Å². The van der Waals surface area contributed by atoms with Crippen LogP contribution < -0.4 is 50.9 Å². The monoisotopic (exact) mass is 640 g/mol. The summed E-state index contributed by atoms with van der Waals surface area (Å²) in [5, 5.41) is 0. The number of allylic oxidation sites excluding steroid dienone is 2. The standard InChI is InChI=1S/C22H21Si.3BrH.Zr/c1-23(2)15-22(20-13-11-16-7-3-5-9-18(16)20)21-14-12-17-8-4-6-10-19(17)21;;;;/h3-15,20-21H,1-2H3;3*1H;/q-1;;;;+4/p-3. The van der Waals surface area contributed by atoms with Crippen LogP contribution >= 0.6 is 0 Å². The molecule has 0 saturated heterocycles. The van der Waals surface area contributed by atoms with Crippen molar-refractivity contribution in [2.75, 3.05) is 0 Å². The Kier molecular flexibility index (Phi) is 12.1. The molecule has 0 nitrogen and oxygen atoms in total. The van der Waals surface area contributed by atoms with Crippen LogP contribution in [0.5, 0.6) is 0 Å². The maximum Gasteiger partial charge on any atom is 4.00 e. The Morgan fingerprint density at radius 1 is 0.741 bits per heavy atom. The van der Waals surface area contributed by atoms with Gasteiger partial charge in [-0.3, -0.25) is 0 Å². The van der Waals surface area contributed by atoms with E-state index in [2.05, 4.69) is 91.6 Å². The van der Waals surface area contributed by atoms with Crippen LogP contribution in [0.2, 0.25) is 13.1 Å². The molecule has 0 bridgehead atoms. The van der Waals surface area contributed by atoms with Crippen LogP contribution in [0.25, 0.3) is 12.2 Å². The maximum absolute atomic E-state index is 2.57. The smallest absolute Gasteiger partial charge is 1.00 e. The second-order valence-corrected chi connectivity index (χ2v) is 9.10. The Morgan fingerprint density at radius 2 is 1.15 bits per heavy atom. The summed E-state index contributed by atoms with van der Waals surface area (Å²) < 4.78 is 0. The fourth-order valence-corrected chi connectivity index (χ4v) is 4.81. The first-order valence-corrected chi connectivity index (χ1v) is 10.9. The zero-order valence-electron chi connectivity index (χ0n) is 15.3. The van der Waals surface area contributed by atoms with E-state index in [1.165, 1.54) is 22.3 Å². The molecular formula is C22H21Br3SiZr. The first-order chi connectivity index (χ1) is 11.2. The Bertz CT molecular complexity index is 779. The minimum Gasteiger partial charge on any atom is -1.00 e. The van der Waals surface area contributed by atoms with Crippen molar-refractivity contribution < 1.29 is 77.1 Å². The molecule has 0 N–H and O–H groups in total. The van der Waals surface area contributed by atoms with E-state index in [0.717, 1.165) is 0 Å². The summed E-state index contributed by atoms with van der Waals surface area (Å²) in [6, 6.07) is 17.6. The fraction of sp³-hybridized carbons (Fsp3) is 0.182. The van der Waals surface area contributed by atoms with Gasteiger partial charge in [0.1, 0.15) is 0 Å². The minimum atomic E-state index is -0.440. The number of rotatable bonds is 3. The number of benzene rings is 2. The van der Waals surface area contributed by atoms with Crippen LogP contribution in [0.3, 0.4) is 0 Å². The predicted molar refractivity (Wildman–Crippen MR) is 103 cm³/mol. The van der Waals surface area contributed by atoms with Gasteiger partial charge in [-0.2, -0.15) is 0 Å². The van der Waals surface area contributed by atoms with Gasteiger partial charge in [-0.1, -0.05) is 84.9 Å². The molecule has 138 valence electrons. The van der Waals surface area contributed by atoms with Crippen molar-refractivity contribution in [3.8, 4) is 0 Å². The minimum absolute atomic E-state index is 0. The molecule has 0 aliphatic heterocycles. The summed E-state index contributed by atoms with van der Waals surface area (Å²) in [5.74, 6) is 2.41. The van der Waals surface area contributed by atoms with E-state index < -0.39 is 8.41 Å². The fourth-order valence-electron chi connectivity index (χ4n) is 3.79. The van der Waals surface area contributed by atoms with E-state index >= 15 is 0 Å². The van der Waals surface area contributed by atoms with Gasteiger partial charge in [-0.15, -0.1) is 24.0 Å². The number of hydrogen-bond acceptors (Lipinski definition) is 0. The zero-order valence-corrected chi connectivity index (χ0v) is 23.5.